The molecule has 0 saturated carbocycles. The van der Waals surface area contributed by atoms with Gasteiger partial charge in [0.15, 0.2) is 4.34 Å². The number of anilines is 3. The van der Waals surface area contributed by atoms with Gasteiger partial charge in [-0.3, -0.25) is 4.79 Å². The van der Waals surface area contributed by atoms with Gasteiger partial charge in [-0.05, 0) is 50.1 Å². The van der Waals surface area contributed by atoms with E-state index in [2.05, 4.69) is 20.8 Å². The average Bonchev–Trinajstić information content (AvgIpc) is 3.47. The number of carbonyl (C=O) groups excluding carboxylic acids is 1. The molecule has 4 rings (SSSR count). The number of aryl methyl sites for hydroxylation is 1. The Bertz CT molecular complexity index is 1190. The summed E-state index contributed by atoms with van der Waals surface area (Å²) in [6, 6.07) is 14.3. The van der Waals surface area contributed by atoms with E-state index in [1.165, 1.54) is 39.0 Å². The van der Waals surface area contributed by atoms with Crippen molar-refractivity contribution in [1.29, 1.82) is 0 Å². The Morgan fingerprint density at radius 2 is 1.84 bits per heavy atom. The van der Waals surface area contributed by atoms with Gasteiger partial charge in [0.1, 0.15) is 0 Å². The van der Waals surface area contributed by atoms with Crippen molar-refractivity contribution in [2.75, 3.05) is 29.5 Å². The fourth-order valence-electron chi connectivity index (χ4n) is 3.22. The van der Waals surface area contributed by atoms with Crippen molar-refractivity contribution < 1.29 is 13.2 Å². The summed E-state index contributed by atoms with van der Waals surface area (Å²) in [7, 11) is -3.52. The maximum Gasteiger partial charge on any atom is 0.243 e. The van der Waals surface area contributed by atoms with Crippen molar-refractivity contribution >= 4 is 55.5 Å². The summed E-state index contributed by atoms with van der Waals surface area (Å²) in [6.07, 6.45) is 1.75. The lowest BCUT2D eigenvalue weighted by Crippen LogP contribution is -2.28. The minimum atomic E-state index is -3.52. The molecule has 0 radical (unpaired) electrons. The van der Waals surface area contributed by atoms with Gasteiger partial charge in [-0.25, -0.2) is 8.42 Å². The van der Waals surface area contributed by atoms with Crippen LogP contribution in [0.5, 0.6) is 0 Å². The second kappa shape index (κ2) is 9.99. The predicted octanol–water partition coefficient (Wildman–Crippen LogP) is 4.11. The molecule has 2 heterocycles. The first-order chi connectivity index (χ1) is 15.4. The Balaban J connectivity index is 1.32. The molecule has 0 unspecified atom stereocenters. The van der Waals surface area contributed by atoms with Crippen molar-refractivity contribution in [2.45, 2.75) is 29.0 Å². The number of nitrogens with zero attached hydrogens (tertiary/aromatic N) is 3. The van der Waals surface area contributed by atoms with E-state index in [4.69, 9.17) is 0 Å². The highest BCUT2D eigenvalue weighted by molar-refractivity contribution is 8.01. The smallest absolute Gasteiger partial charge is 0.243 e. The molecular formula is C21H23N5O3S3. The highest BCUT2D eigenvalue weighted by atomic mass is 32.2. The lowest BCUT2D eigenvalue weighted by atomic mass is 10.2. The summed E-state index contributed by atoms with van der Waals surface area (Å²) in [5.41, 5.74) is 2.55. The number of hydrogen-bond acceptors (Lipinski definition) is 8. The van der Waals surface area contributed by atoms with Gasteiger partial charge in [-0.2, -0.15) is 4.31 Å². The second-order valence-corrected chi connectivity index (χ2v) is 11.5. The van der Waals surface area contributed by atoms with Gasteiger partial charge in [0.25, 0.3) is 0 Å². The lowest BCUT2D eigenvalue weighted by Gasteiger charge is -2.16. The molecule has 0 bridgehead atoms. The number of thioether (sulfide) groups is 1. The third-order valence-electron chi connectivity index (χ3n) is 4.86. The number of nitrogens with one attached hydrogen (secondary N) is 2. The quantitative estimate of drug-likeness (QED) is 0.459. The first-order valence-corrected chi connectivity index (χ1v) is 13.3. The minimum Gasteiger partial charge on any atom is -0.330 e. The van der Waals surface area contributed by atoms with E-state index in [1.54, 1.807) is 18.2 Å². The summed E-state index contributed by atoms with van der Waals surface area (Å²) in [5.74, 6) is -0.101. The van der Waals surface area contributed by atoms with E-state index in [1.807, 2.05) is 31.2 Å². The largest absolute Gasteiger partial charge is 0.330 e. The number of benzene rings is 2. The van der Waals surface area contributed by atoms with Crippen LogP contribution >= 0.6 is 23.1 Å². The third kappa shape index (κ3) is 5.66. The normalized spacial score (nSPS) is 14.4. The van der Waals surface area contributed by atoms with Crippen molar-refractivity contribution in [3.8, 4) is 0 Å². The van der Waals surface area contributed by atoms with E-state index < -0.39 is 10.0 Å². The highest BCUT2D eigenvalue weighted by Gasteiger charge is 2.27. The Hall–Kier alpha value is -2.47. The molecule has 2 aromatic carbocycles. The van der Waals surface area contributed by atoms with Crippen molar-refractivity contribution in [3.63, 3.8) is 0 Å². The Labute approximate surface area is 195 Å². The molecule has 1 aliphatic heterocycles. The van der Waals surface area contributed by atoms with Crippen LogP contribution in [0.4, 0.5) is 16.5 Å². The summed E-state index contributed by atoms with van der Waals surface area (Å²) >= 11 is 2.64. The molecule has 0 spiro atoms. The number of rotatable bonds is 8. The zero-order chi connectivity index (χ0) is 22.6. The molecule has 1 aromatic heterocycles. The van der Waals surface area contributed by atoms with Gasteiger partial charge >= 0.3 is 0 Å². The van der Waals surface area contributed by atoms with E-state index in [9.17, 15) is 13.2 Å². The summed E-state index contributed by atoms with van der Waals surface area (Å²) in [5, 5.41) is 14.8. The second-order valence-electron chi connectivity index (χ2n) is 7.34. The topological polar surface area (TPSA) is 104 Å². The summed E-state index contributed by atoms with van der Waals surface area (Å²) in [4.78, 5) is 12.6. The van der Waals surface area contributed by atoms with Gasteiger partial charge in [-0.1, -0.05) is 46.9 Å². The summed E-state index contributed by atoms with van der Waals surface area (Å²) in [6.45, 7) is 3.10. The van der Waals surface area contributed by atoms with Crippen LogP contribution in [0, 0.1) is 6.92 Å². The van der Waals surface area contributed by atoms with Crippen LogP contribution in [0.25, 0.3) is 0 Å². The molecule has 11 heteroatoms. The van der Waals surface area contributed by atoms with E-state index >= 15 is 0 Å². The van der Waals surface area contributed by atoms with Crippen molar-refractivity contribution in [1.82, 2.24) is 14.5 Å². The van der Waals surface area contributed by atoms with E-state index in [0.717, 1.165) is 18.5 Å². The van der Waals surface area contributed by atoms with Crippen LogP contribution in [-0.4, -0.2) is 47.7 Å². The standard InChI is InChI=1S/C21H23N5O3S3/c1-15-7-9-16(10-8-15)23-20-24-25-21(31-20)30-14-19(27)22-17-5-4-6-18(13-17)32(28,29)26-11-2-3-12-26/h4-10,13H,2-3,11-12,14H2,1H3,(H,22,27)(H,23,24). The monoisotopic (exact) mass is 489 g/mol. The molecule has 0 atom stereocenters. The van der Waals surface area contributed by atoms with Crippen LogP contribution in [-0.2, 0) is 14.8 Å². The van der Waals surface area contributed by atoms with Crippen LogP contribution in [0.3, 0.4) is 0 Å². The zero-order valence-electron chi connectivity index (χ0n) is 17.4. The zero-order valence-corrected chi connectivity index (χ0v) is 19.9. The molecule has 1 amide bonds. The Morgan fingerprint density at radius 1 is 1.09 bits per heavy atom. The maximum absolute atomic E-state index is 12.7. The number of carbonyl (C=O) groups is 1. The number of hydrogen-bond donors (Lipinski definition) is 2. The fraction of sp³-hybridized carbons (Fsp3) is 0.286. The fourth-order valence-corrected chi connectivity index (χ4v) is 6.35. The van der Waals surface area contributed by atoms with Crippen molar-refractivity contribution in [3.05, 3.63) is 54.1 Å². The van der Waals surface area contributed by atoms with Crippen LogP contribution < -0.4 is 10.6 Å². The van der Waals surface area contributed by atoms with Crippen LogP contribution in [0.15, 0.2) is 57.8 Å². The maximum atomic E-state index is 12.7. The predicted molar refractivity (Wildman–Crippen MR) is 128 cm³/mol. The average molecular weight is 490 g/mol. The molecule has 32 heavy (non-hydrogen) atoms. The molecule has 1 aliphatic rings. The van der Waals surface area contributed by atoms with Gasteiger partial charge in [-0.15, -0.1) is 10.2 Å². The third-order valence-corrected chi connectivity index (χ3v) is 8.72. The lowest BCUT2D eigenvalue weighted by molar-refractivity contribution is -0.113. The molecule has 1 fully saturated rings. The molecule has 1 saturated heterocycles. The molecular weight excluding hydrogens is 466 g/mol. The van der Waals surface area contributed by atoms with E-state index in [0.29, 0.717) is 28.2 Å². The Kier molecular flexibility index (Phi) is 7.09. The molecule has 2 N–H and O–H groups in total. The SMILES string of the molecule is Cc1ccc(Nc2nnc(SCC(=O)Nc3cccc(S(=O)(=O)N4CCCC4)c3)s2)cc1. The summed E-state index contributed by atoms with van der Waals surface area (Å²) < 4.78 is 27.6. The molecule has 168 valence electrons. The number of sulfonamides is 1. The van der Waals surface area contributed by atoms with Gasteiger partial charge < -0.3 is 10.6 Å². The first-order valence-electron chi connectivity index (χ1n) is 10.1. The molecule has 8 nitrogen and oxygen atoms in total. The van der Waals surface area contributed by atoms with Crippen LogP contribution in [0.1, 0.15) is 18.4 Å². The number of amides is 1. The molecule has 3 aromatic rings. The first kappa shape index (κ1) is 22.7. The van der Waals surface area contributed by atoms with Gasteiger partial charge in [0, 0.05) is 24.5 Å². The van der Waals surface area contributed by atoms with Gasteiger partial charge in [0.05, 0.1) is 10.6 Å². The minimum absolute atomic E-state index is 0.141. The highest BCUT2D eigenvalue weighted by Crippen LogP contribution is 2.28. The Morgan fingerprint density at radius 3 is 2.59 bits per heavy atom. The van der Waals surface area contributed by atoms with Gasteiger partial charge in [0.2, 0.25) is 21.1 Å². The molecule has 0 aliphatic carbocycles. The van der Waals surface area contributed by atoms with Crippen molar-refractivity contribution in [2.24, 2.45) is 0 Å². The van der Waals surface area contributed by atoms with Crippen LogP contribution in [0.2, 0.25) is 0 Å². The number of aromatic nitrogens is 2. The van der Waals surface area contributed by atoms with E-state index in [-0.39, 0.29) is 16.6 Å².